The van der Waals surface area contributed by atoms with Crippen molar-refractivity contribution in [3.63, 3.8) is 0 Å². The molecule has 0 spiro atoms. The predicted octanol–water partition coefficient (Wildman–Crippen LogP) is 6.02. The number of rotatable bonds is 6. The summed E-state index contributed by atoms with van der Waals surface area (Å²) in [7, 11) is 0. The summed E-state index contributed by atoms with van der Waals surface area (Å²) < 4.78 is 8.34. The SMILES string of the molecule is O=C(NN=Cc1ccc(-c2ccc(Br)cc2)o1)c1ccn(Cc2ccc(Cl)cc2Cl)n1. The largest absolute Gasteiger partial charge is 0.455 e. The fourth-order valence-electron chi connectivity index (χ4n) is 2.80. The minimum absolute atomic E-state index is 0.234. The van der Waals surface area contributed by atoms with Crippen molar-refractivity contribution in [2.75, 3.05) is 0 Å². The van der Waals surface area contributed by atoms with Gasteiger partial charge in [0, 0.05) is 26.3 Å². The molecule has 31 heavy (non-hydrogen) atoms. The number of nitrogens with zero attached hydrogens (tertiary/aromatic N) is 3. The van der Waals surface area contributed by atoms with E-state index in [0.29, 0.717) is 28.1 Å². The van der Waals surface area contributed by atoms with Crippen LogP contribution in [0.1, 0.15) is 21.8 Å². The summed E-state index contributed by atoms with van der Waals surface area (Å²) in [5, 5.41) is 9.31. The average Bonchev–Trinajstić information content (AvgIpc) is 3.41. The lowest BCUT2D eigenvalue weighted by Gasteiger charge is -2.05. The third-order valence-corrected chi connectivity index (χ3v) is 5.45. The Bertz CT molecular complexity index is 1250. The molecule has 4 aromatic rings. The molecule has 2 aromatic carbocycles. The Labute approximate surface area is 196 Å². The number of aromatic nitrogens is 2. The molecule has 156 valence electrons. The van der Waals surface area contributed by atoms with Gasteiger partial charge in [-0.25, -0.2) is 5.43 Å². The molecule has 1 amide bonds. The zero-order valence-corrected chi connectivity index (χ0v) is 19.0. The van der Waals surface area contributed by atoms with Crippen molar-refractivity contribution in [1.29, 1.82) is 0 Å². The highest BCUT2D eigenvalue weighted by Crippen LogP contribution is 2.23. The molecule has 2 heterocycles. The van der Waals surface area contributed by atoms with Crippen molar-refractivity contribution < 1.29 is 9.21 Å². The van der Waals surface area contributed by atoms with Crippen LogP contribution in [0.2, 0.25) is 10.0 Å². The molecule has 6 nitrogen and oxygen atoms in total. The Morgan fingerprint density at radius 2 is 1.94 bits per heavy atom. The van der Waals surface area contributed by atoms with Crippen LogP contribution in [0.5, 0.6) is 0 Å². The summed E-state index contributed by atoms with van der Waals surface area (Å²) >= 11 is 15.5. The van der Waals surface area contributed by atoms with Crippen molar-refractivity contribution in [2.45, 2.75) is 6.54 Å². The molecule has 0 saturated heterocycles. The van der Waals surface area contributed by atoms with Gasteiger partial charge in [-0.05, 0) is 48.0 Å². The molecule has 0 atom stereocenters. The highest BCUT2D eigenvalue weighted by Gasteiger charge is 2.10. The van der Waals surface area contributed by atoms with Gasteiger partial charge in [-0.2, -0.15) is 10.2 Å². The van der Waals surface area contributed by atoms with Gasteiger partial charge in [-0.3, -0.25) is 9.48 Å². The van der Waals surface area contributed by atoms with Gasteiger partial charge in [-0.1, -0.05) is 57.3 Å². The first-order chi connectivity index (χ1) is 15.0. The zero-order chi connectivity index (χ0) is 21.8. The normalized spacial score (nSPS) is 11.2. The molecule has 0 aliphatic heterocycles. The van der Waals surface area contributed by atoms with Gasteiger partial charge in [-0.15, -0.1) is 0 Å². The number of hydrogen-bond acceptors (Lipinski definition) is 4. The zero-order valence-electron chi connectivity index (χ0n) is 15.9. The molecule has 1 N–H and O–H groups in total. The van der Waals surface area contributed by atoms with Crippen LogP contribution in [0.3, 0.4) is 0 Å². The quantitative estimate of drug-likeness (QED) is 0.251. The van der Waals surface area contributed by atoms with E-state index in [-0.39, 0.29) is 5.69 Å². The summed E-state index contributed by atoms with van der Waals surface area (Å²) in [6.07, 6.45) is 3.13. The molecule has 0 bridgehead atoms. The lowest BCUT2D eigenvalue weighted by atomic mass is 10.2. The minimum atomic E-state index is -0.433. The Balaban J connectivity index is 1.36. The van der Waals surface area contributed by atoms with Crippen LogP contribution in [0, 0.1) is 0 Å². The van der Waals surface area contributed by atoms with E-state index in [2.05, 4.69) is 31.6 Å². The first-order valence-corrected chi connectivity index (χ1v) is 10.7. The van der Waals surface area contributed by atoms with E-state index in [0.717, 1.165) is 15.6 Å². The van der Waals surface area contributed by atoms with Crippen LogP contribution in [-0.4, -0.2) is 21.9 Å². The third-order valence-electron chi connectivity index (χ3n) is 4.33. The standard InChI is InChI=1S/C22H15BrCl2N4O2/c23-16-4-1-14(2-5-16)21-8-7-18(31-21)12-26-27-22(30)20-9-10-29(28-20)13-15-3-6-17(24)11-19(15)25/h1-12H,13H2,(H,27,30). The van der Waals surface area contributed by atoms with E-state index in [1.807, 2.05) is 36.4 Å². The van der Waals surface area contributed by atoms with Crippen LogP contribution in [0.4, 0.5) is 0 Å². The highest BCUT2D eigenvalue weighted by molar-refractivity contribution is 9.10. The topological polar surface area (TPSA) is 72.4 Å². The number of carbonyl (C=O) groups is 1. The second-order valence-electron chi connectivity index (χ2n) is 6.54. The van der Waals surface area contributed by atoms with Gasteiger partial charge in [0.05, 0.1) is 12.8 Å². The van der Waals surface area contributed by atoms with Crippen LogP contribution in [0.15, 0.2) is 80.9 Å². The smallest absolute Gasteiger partial charge is 0.291 e. The monoisotopic (exact) mass is 516 g/mol. The molecular formula is C22H15BrCl2N4O2. The van der Waals surface area contributed by atoms with Crippen LogP contribution in [-0.2, 0) is 6.54 Å². The maximum atomic E-state index is 12.3. The van der Waals surface area contributed by atoms with Crippen LogP contribution < -0.4 is 5.43 Å². The minimum Gasteiger partial charge on any atom is -0.455 e. The second-order valence-corrected chi connectivity index (χ2v) is 8.30. The number of furan rings is 1. The molecule has 0 radical (unpaired) electrons. The van der Waals surface area contributed by atoms with E-state index < -0.39 is 5.91 Å². The van der Waals surface area contributed by atoms with Crippen molar-refractivity contribution >= 4 is 51.3 Å². The van der Waals surface area contributed by atoms with E-state index >= 15 is 0 Å². The maximum Gasteiger partial charge on any atom is 0.291 e. The first-order valence-electron chi connectivity index (χ1n) is 9.14. The van der Waals surface area contributed by atoms with Crippen molar-refractivity contribution in [1.82, 2.24) is 15.2 Å². The molecule has 0 aliphatic carbocycles. The Hall–Kier alpha value is -2.87. The molecule has 0 fully saturated rings. The predicted molar refractivity (Wildman–Crippen MR) is 125 cm³/mol. The molecule has 0 saturated carbocycles. The van der Waals surface area contributed by atoms with Gasteiger partial charge in [0.1, 0.15) is 11.5 Å². The average molecular weight is 518 g/mol. The summed E-state index contributed by atoms with van der Waals surface area (Å²) in [6, 6.07) is 18.2. The maximum absolute atomic E-state index is 12.3. The molecule has 9 heteroatoms. The summed E-state index contributed by atoms with van der Waals surface area (Å²) in [5.41, 5.74) is 4.47. The van der Waals surface area contributed by atoms with E-state index in [1.165, 1.54) is 6.21 Å². The summed E-state index contributed by atoms with van der Waals surface area (Å²) in [4.78, 5) is 12.3. The van der Waals surface area contributed by atoms with E-state index in [4.69, 9.17) is 27.6 Å². The highest BCUT2D eigenvalue weighted by atomic mass is 79.9. The van der Waals surface area contributed by atoms with Crippen molar-refractivity contribution in [3.05, 3.63) is 98.4 Å². The molecule has 0 aliphatic rings. The fourth-order valence-corrected chi connectivity index (χ4v) is 3.53. The van der Waals surface area contributed by atoms with Gasteiger partial charge >= 0.3 is 0 Å². The number of hydrogen-bond donors (Lipinski definition) is 1. The molecule has 2 aromatic heterocycles. The van der Waals surface area contributed by atoms with Crippen molar-refractivity contribution in [3.8, 4) is 11.3 Å². The number of amides is 1. The lowest BCUT2D eigenvalue weighted by molar-refractivity contribution is 0.0949. The van der Waals surface area contributed by atoms with Crippen LogP contribution >= 0.6 is 39.1 Å². The Kier molecular flexibility index (Phi) is 6.56. The van der Waals surface area contributed by atoms with Gasteiger partial charge < -0.3 is 4.42 Å². The summed E-state index contributed by atoms with van der Waals surface area (Å²) in [5.74, 6) is 0.790. The van der Waals surface area contributed by atoms with Crippen LogP contribution in [0.25, 0.3) is 11.3 Å². The number of benzene rings is 2. The number of halogens is 3. The number of hydrazone groups is 1. The third kappa shape index (κ3) is 5.44. The Morgan fingerprint density at radius 3 is 2.71 bits per heavy atom. The molecule has 0 unspecified atom stereocenters. The lowest BCUT2D eigenvalue weighted by Crippen LogP contribution is -2.18. The fraction of sp³-hybridized carbons (Fsp3) is 0.0455. The number of nitrogens with one attached hydrogen (secondary N) is 1. The van der Waals surface area contributed by atoms with E-state index in [9.17, 15) is 4.79 Å². The van der Waals surface area contributed by atoms with Gasteiger partial charge in [0.25, 0.3) is 5.91 Å². The van der Waals surface area contributed by atoms with E-state index in [1.54, 1.807) is 35.1 Å². The second kappa shape index (κ2) is 9.51. The first kappa shape index (κ1) is 21.4. The molecule has 4 rings (SSSR count). The van der Waals surface area contributed by atoms with Crippen molar-refractivity contribution in [2.24, 2.45) is 5.10 Å². The summed E-state index contributed by atoms with van der Waals surface area (Å²) in [6.45, 7) is 0.414. The van der Waals surface area contributed by atoms with Gasteiger partial charge in [0.15, 0.2) is 5.69 Å². The molecular weight excluding hydrogens is 503 g/mol. The Morgan fingerprint density at radius 1 is 1.13 bits per heavy atom. The number of carbonyl (C=O) groups excluding carboxylic acids is 1. The van der Waals surface area contributed by atoms with Gasteiger partial charge in [0.2, 0.25) is 0 Å².